The van der Waals surface area contributed by atoms with Gasteiger partial charge in [-0.1, -0.05) is 58.6 Å². The van der Waals surface area contributed by atoms with Gasteiger partial charge in [0.1, 0.15) is 0 Å². The number of nitrogens with two attached hydrogens (primary N) is 2. The summed E-state index contributed by atoms with van der Waals surface area (Å²) in [5, 5.41) is 0.982. The summed E-state index contributed by atoms with van der Waals surface area (Å²) in [6, 6.07) is 22.7. The molecule has 0 radical (unpaired) electrons. The molecule has 0 aliphatic carbocycles. The van der Waals surface area contributed by atoms with Crippen LogP contribution in [-0.4, -0.2) is 4.55 Å². The predicted molar refractivity (Wildman–Crippen MR) is 137 cm³/mol. The van der Waals surface area contributed by atoms with E-state index in [-0.39, 0.29) is 0 Å². The average molecular weight is 481 g/mol. The maximum absolute atomic E-state index is 14.0. The lowest BCUT2D eigenvalue weighted by Gasteiger charge is -2.18. The third-order valence-corrected chi connectivity index (χ3v) is 7.48. The van der Waals surface area contributed by atoms with Gasteiger partial charge < -0.3 is 16.0 Å². The van der Waals surface area contributed by atoms with Crippen LogP contribution in [0.25, 0.3) is 22.3 Å². The van der Waals surface area contributed by atoms with Gasteiger partial charge in [0, 0.05) is 22.3 Å². The Morgan fingerprint density at radius 3 is 1.41 bits per heavy atom. The van der Waals surface area contributed by atoms with Crippen molar-refractivity contribution in [2.24, 2.45) is 0 Å². The number of anilines is 2. The van der Waals surface area contributed by atoms with Gasteiger partial charge in [-0.05, 0) is 73.5 Å². The average Bonchev–Trinajstić information content (AvgIpc) is 2.77. The Balaban J connectivity index is 1.88. The highest BCUT2D eigenvalue weighted by Gasteiger charge is 2.24. The second-order valence-electron chi connectivity index (χ2n) is 7.74. The van der Waals surface area contributed by atoms with Crippen molar-refractivity contribution in [1.29, 1.82) is 0 Å². The van der Waals surface area contributed by atoms with Crippen molar-refractivity contribution in [3.63, 3.8) is 0 Å². The molecule has 0 unspecified atom stereocenters. The van der Waals surface area contributed by atoms with Crippen molar-refractivity contribution < 1.29 is 4.55 Å². The number of hydrogen-bond donors (Lipinski definition) is 2. The third-order valence-electron chi connectivity index (χ3n) is 5.28. The Bertz CT molecular complexity index is 1220. The van der Waals surface area contributed by atoms with Crippen molar-refractivity contribution in [2.75, 3.05) is 11.5 Å². The summed E-state index contributed by atoms with van der Waals surface area (Å²) < 4.78 is 14.0. The van der Waals surface area contributed by atoms with E-state index < -0.39 is 11.2 Å². The second kappa shape index (κ2) is 9.08. The van der Waals surface area contributed by atoms with E-state index in [0.29, 0.717) is 31.2 Å². The van der Waals surface area contributed by atoms with E-state index in [1.165, 1.54) is 0 Å². The predicted octanol–water partition coefficient (Wildman–Crippen LogP) is 7.28. The van der Waals surface area contributed by atoms with Crippen molar-refractivity contribution in [3.8, 4) is 22.3 Å². The van der Waals surface area contributed by atoms with Crippen molar-refractivity contribution in [3.05, 3.63) is 94.0 Å². The summed E-state index contributed by atoms with van der Waals surface area (Å²) in [5.74, 6) is 0. The van der Waals surface area contributed by atoms with E-state index in [4.69, 9.17) is 34.7 Å². The fourth-order valence-corrected chi connectivity index (χ4v) is 5.21. The van der Waals surface area contributed by atoms with Gasteiger partial charge in [0.05, 0.1) is 21.4 Å². The van der Waals surface area contributed by atoms with Crippen LogP contribution in [-0.2, 0) is 11.2 Å². The Labute approximate surface area is 201 Å². The molecule has 0 saturated heterocycles. The summed E-state index contributed by atoms with van der Waals surface area (Å²) in [7, 11) is 0. The highest BCUT2D eigenvalue weighted by atomic mass is 35.5. The van der Waals surface area contributed by atoms with Crippen LogP contribution in [0.5, 0.6) is 0 Å². The van der Waals surface area contributed by atoms with E-state index in [9.17, 15) is 4.55 Å². The molecule has 0 amide bonds. The van der Waals surface area contributed by atoms with E-state index in [2.05, 4.69) is 0 Å². The van der Waals surface area contributed by atoms with Gasteiger partial charge in [-0.3, -0.25) is 0 Å². The topological polar surface area (TPSA) is 75.1 Å². The molecule has 0 heterocycles. The van der Waals surface area contributed by atoms with Crippen molar-refractivity contribution >= 4 is 45.8 Å². The highest BCUT2D eigenvalue weighted by Crippen LogP contribution is 2.39. The van der Waals surface area contributed by atoms with Gasteiger partial charge in [0.2, 0.25) is 0 Å². The van der Waals surface area contributed by atoms with Gasteiger partial charge in [0.25, 0.3) is 0 Å². The minimum absolute atomic E-state index is 0.482. The molecule has 0 saturated carbocycles. The minimum Gasteiger partial charge on any atom is -0.606 e. The zero-order chi connectivity index (χ0) is 23.0. The summed E-state index contributed by atoms with van der Waals surface area (Å²) in [4.78, 5) is 1.40. The molecule has 0 aliphatic rings. The molecule has 162 valence electrons. The summed E-state index contributed by atoms with van der Waals surface area (Å²) in [6.45, 7) is 4.01. The Kier molecular flexibility index (Phi) is 6.40. The van der Waals surface area contributed by atoms with Crippen LogP contribution in [0, 0.1) is 13.8 Å². The molecule has 0 bridgehead atoms. The summed E-state index contributed by atoms with van der Waals surface area (Å²) >= 11 is 10.8. The highest BCUT2D eigenvalue weighted by molar-refractivity contribution is 7.91. The molecule has 6 heteroatoms. The lowest BCUT2D eigenvalue weighted by molar-refractivity contribution is 0.595. The van der Waals surface area contributed by atoms with Crippen LogP contribution in [0.2, 0.25) is 10.0 Å². The molecule has 4 aromatic carbocycles. The number of nitrogen functional groups attached to an aromatic ring is 2. The maximum atomic E-state index is 14.0. The second-order valence-corrected chi connectivity index (χ2v) is 9.97. The molecule has 0 atom stereocenters. The van der Waals surface area contributed by atoms with E-state index in [1.807, 2.05) is 74.5 Å². The van der Waals surface area contributed by atoms with Crippen LogP contribution < -0.4 is 11.5 Å². The Morgan fingerprint density at radius 1 is 0.625 bits per heavy atom. The molecule has 0 aromatic heterocycles. The summed E-state index contributed by atoms with van der Waals surface area (Å²) in [5.41, 5.74) is 18.6. The summed E-state index contributed by atoms with van der Waals surface area (Å²) in [6.07, 6.45) is 0. The lowest BCUT2D eigenvalue weighted by Crippen LogP contribution is -2.07. The molecule has 4 aromatic rings. The van der Waals surface area contributed by atoms with Gasteiger partial charge in [-0.25, -0.2) is 0 Å². The molecular weight excluding hydrogens is 459 g/mol. The zero-order valence-electron chi connectivity index (χ0n) is 17.7. The standard InChI is InChI=1S/C26H22Cl2N2OS/c1-15-3-9-25(19(11-15)17-5-7-21(27)23(29)13-17)32(31)26-10-4-16(2)12-20(26)18-6-8-22(28)24(30)14-18/h3-14H,29-30H2,1-2H3. The lowest BCUT2D eigenvalue weighted by atomic mass is 10.0. The van der Waals surface area contributed by atoms with Crippen LogP contribution >= 0.6 is 23.2 Å². The first kappa shape index (κ1) is 22.6. The van der Waals surface area contributed by atoms with E-state index >= 15 is 0 Å². The molecule has 4 N–H and O–H groups in total. The van der Waals surface area contributed by atoms with Crippen LogP contribution in [0.15, 0.2) is 82.6 Å². The monoisotopic (exact) mass is 480 g/mol. The minimum atomic E-state index is -1.46. The SMILES string of the molecule is Cc1ccc([S+]([O-])c2ccc(C)cc2-c2ccc(Cl)c(N)c2)c(-c2ccc(Cl)c(N)c2)c1. The van der Waals surface area contributed by atoms with Crippen LogP contribution in [0.4, 0.5) is 11.4 Å². The quantitative estimate of drug-likeness (QED) is 0.238. The molecule has 32 heavy (non-hydrogen) atoms. The van der Waals surface area contributed by atoms with Gasteiger partial charge in [-0.2, -0.15) is 0 Å². The van der Waals surface area contributed by atoms with Crippen molar-refractivity contribution in [1.82, 2.24) is 0 Å². The molecule has 0 aliphatic heterocycles. The zero-order valence-corrected chi connectivity index (χ0v) is 20.0. The maximum Gasteiger partial charge on any atom is 0.166 e. The molecule has 4 rings (SSSR count). The molecule has 3 nitrogen and oxygen atoms in total. The van der Waals surface area contributed by atoms with E-state index in [0.717, 1.165) is 33.4 Å². The molecular formula is C26H22Cl2N2OS. The molecule has 0 fully saturated rings. The van der Waals surface area contributed by atoms with Gasteiger partial charge in [0.15, 0.2) is 9.79 Å². The van der Waals surface area contributed by atoms with E-state index in [1.54, 1.807) is 12.1 Å². The first-order valence-electron chi connectivity index (χ1n) is 9.98. The number of rotatable bonds is 4. The normalized spacial score (nSPS) is 11.2. The number of halogens is 2. The first-order valence-corrected chi connectivity index (χ1v) is 11.9. The van der Waals surface area contributed by atoms with Gasteiger partial charge >= 0.3 is 0 Å². The Hall–Kier alpha value is -2.63. The smallest absolute Gasteiger partial charge is 0.166 e. The fourth-order valence-electron chi connectivity index (χ4n) is 3.60. The largest absolute Gasteiger partial charge is 0.606 e. The third kappa shape index (κ3) is 4.45. The number of benzene rings is 4. The first-order chi connectivity index (χ1) is 15.2. The number of hydrogen-bond acceptors (Lipinski definition) is 3. The Morgan fingerprint density at radius 2 is 1.03 bits per heavy atom. The number of aryl methyl sites for hydroxylation is 2. The van der Waals surface area contributed by atoms with Crippen LogP contribution in [0.3, 0.4) is 0 Å². The van der Waals surface area contributed by atoms with Crippen LogP contribution in [0.1, 0.15) is 11.1 Å². The molecule has 0 spiro atoms. The van der Waals surface area contributed by atoms with Gasteiger partial charge in [-0.15, -0.1) is 0 Å². The van der Waals surface area contributed by atoms with Crippen molar-refractivity contribution in [2.45, 2.75) is 23.6 Å². The fraction of sp³-hybridized carbons (Fsp3) is 0.0769.